The maximum absolute atomic E-state index is 13.0. The molecule has 4 rings (SSSR count). The van der Waals surface area contributed by atoms with Crippen molar-refractivity contribution in [2.45, 2.75) is 31.6 Å². The Morgan fingerprint density at radius 1 is 1.36 bits per heavy atom. The highest BCUT2D eigenvalue weighted by Crippen LogP contribution is 2.31. The van der Waals surface area contributed by atoms with Gasteiger partial charge in [0.25, 0.3) is 5.56 Å². The minimum Gasteiger partial charge on any atom is -0.390 e. The summed E-state index contributed by atoms with van der Waals surface area (Å²) in [6.45, 7) is 1.73. The Morgan fingerprint density at radius 3 is 2.93 bits per heavy atom. The monoisotopic (exact) mass is 379 g/mol. The number of nitrogens with zero attached hydrogens (tertiary/aromatic N) is 4. The number of aliphatic imine (C=N–C) groups is 2. The Labute approximate surface area is 162 Å². The molecule has 144 valence electrons. The first-order chi connectivity index (χ1) is 13.6. The summed E-state index contributed by atoms with van der Waals surface area (Å²) < 4.78 is 13.4. The van der Waals surface area contributed by atoms with Gasteiger partial charge in [-0.2, -0.15) is 0 Å². The van der Waals surface area contributed by atoms with E-state index in [4.69, 9.17) is 20.2 Å². The van der Waals surface area contributed by atoms with Gasteiger partial charge in [-0.05, 0) is 24.1 Å². The summed E-state index contributed by atoms with van der Waals surface area (Å²) in [4.78, 5) is 25.5. The first-order valence-corrected chi connectivity index (χ1v) is 9.19. The third-order valence-corrected chi connectivity index (χ3v) is 5.02. The van der Waals surface area contributed by atoms with Crippen LogP contribution in [0.3, 0.4) is 0 Å². The van der Waals surface area contributed by atoms with E-state index in [0.29, 0.717) is 55.8 Å². The molecule has 0 saturated carbocycles. The SMILES string of the molecule is CN=C(C#Cc1ccc2c(=O)n3c(nc2c1)CCC1(CC3)OCCO1)N=CN. The summed E-state index contributed by atoms with van der Waals surface area (Å²) in [5.41, 5.74) is 6.59. The zero-order valence-electron chi connectivity index (χ0n) is 15.6. The summed E-state index contributed by atoms with van der Waals surface area (Å²) in [5.74, 6) is 6.34. The second-order valence-corrected chi connectivity index (χ2v) is 6.65. The maximum atomic E-state index is 13.0. The van der Waals surface area contributed by atoms with Crippen molar-refractivity contribution in [1.29, 1.82) is 0 Å². The van der Waals surface area contributed by atoms with Crippen LogP contribution in [0.25, 0.3) is 10.9 Å². The van der Waals surface area contributed by atoms with Crippen molar-refractivity contribution in [3.05, 3.63) is 39.9 Å². The Morgan fingerprint density at radius 2 is 2.18 bits per heavy atom. The van der Waals surface area contributed by atoms with E-state index in [2.05, 4.69) is 21.8 Å². The number of aryl methyl sites for hydroxylation is 1. The standard InChI is InChI=1S/C20H21N5O3/c1-22-17(23-13-21)5-3-14-2-4-15-16(12-14)24-18-6-7-20(27-10-11-28-20)8-9-25(18)19(15)26/h2,4,12-13H,6-11H2,1H3,(H2,21,22,23). The van der Waals surface area contributed by atoms with Crippen LogP contribution in [0.15, 0.2) is 33.0 Å². The molecule has 0 atom stereocenters. The van der Waals surface area contributed by atoms with Crippen LogP contribution in [0.2, 0.25) is 0 Å². The van der Waals surface area contributed by atoms with Crippen LogP contribution in [-0.2, 0) is 22.4 Å². The van der Waals surface area contributed by atoms with Crippen molar-refractivity contribution >= 4 is 23.1 Å². The number of ether oxygens (including phenoxy) is 2. The highest BCUT2D eigenvalue weighted by atomic mass is 16.7. The Hall–Kier alpha value is -3.02. The lowest BCUT2D eigenvalue weighted by atomic mass is 10.1. The molecule has 0 unspecified atom stereocenters. The Bertz CT molecular complexity index is 1080. The first-order valence-electron chi connectivity index (χ1n) is 9.19. The second-order valence-electron chi connectivity index (χ2n) is 6.65. The molecule has 0 radical (unpaired) electrons. The molecule has 2 aliphatic rings. The van der Waals surface area contributed by atoms with Crippen LogP contribution in [-0.4, -0.2) is 47.8 Å². The predicted molar refractivity (Wildman–Crippen MR) is 106 cm³/mol. The number of aromatic nitrogens is 2. The van der Waals surface area contributed by atoms with Gasteiger partial charge in [-0.1, -0.05) is 5.92 Å². The van der Waals surface area contributed by atoms with E-state index in [0.717, 1.165) is 17.7 Å². The molecule has 2 N–H and O–H groups in total. The van der Waals surface area contributed by atoms with Crippen LogP contribution < -0.4 is 11.3 Å². The van der Waals surface area contributed by atoms with Gasteiger partial charge in [0, 0.05) is 38.4 Å². The summed E-state index contributed by atoms with van der Waals surface area (Å²) in [7, 11) is 1.60. The number of hydrogen-bond acceptors (Lipinski definition) is 5. The van der Waals surface area contributed by atoms with Gasteiger partial charge in [0.1, 0.15) is 5.82 Å². The summed E-state index contributed by atoms with van der Waals surface area (Å²) >= 11 is 0. The maximum Gasteiger partial charge on any atom is 0.261 e. The van der Waals surface area contributed by atoms with Crippen molar-refractivity contribution in [2.75, 3.05) is 20.3 Å². The molecule has 3 heterocycles. The molecular weight excluding hydrogens is 358 g/mol. The third kappa shape index (κ3) is 3.42. The molecule has 1 aromatic carbocycles. The van der Waals surface area contributed by atoms with Crippen molar-refractivity contribution in [3.63, 3.8) is 0 Å². The van der Waals surface area contributed by atoms with E-state index < -0.39 is 5.79 Å². The molecule has 8 heteroatoms. The number of fused-ring (bicyclic) bond motifs is 2. The summed E-state index contributed by atoms with van der Waals surface area (Å²) in [6.07, 6.45) is 3.12. The lowest BCUT2D eigenvalue weighted by Gasteiger charge is -2.24. The van der Waals surface area contributed by atoms with Gasteiger partial charge >= 0.3 is 0 Å². The Kier molecular flexibility index (Phi) is 4.94. The summed E-state index contributed by atoms with van der Waals surface area (Å²) in [6, 6.07) is 5.37. The van der Waals surface area contributed by atoms with Crippen LogP contribution in [0.5, 0.6) is 0 Å². The zero-order valence-corrected chi connectivity index (χ0v) is 15.6. The first kappa shape index (κ1) is 18.3. The molecule has 2 aliphatic heterocycles. The predicted octanol–water partition coefficient (Wildman–Crippen LogP) is 0.843. The minimum atomic E-state index is -0.581. The lowest BCUT2D eigenvalue weighted by molar-refractivity contribution is -0.165. The quantitative estimate of drug-likeness (QED) is 0.415. The van der Waals surface area contributed by atoms with E-state index in [9.17, 15) is 4.79 Å². The van der Waals surface area contributed by atoms with Gasteiger partial charge in [-0.3, -0.25) is 14.4 Å². The molecule has 0 amide bonds. The molecular formula is C20H21N5O3. The van der Waals surface area contributed by atoms with Gasteiger partial charge in [0.05, 0.1) is 30.5 Å². The van der Waals surface area contributed by atoms with Crippen molar-refractivity contribution < 1.29 is 9.47 Å². The summed E-state index contributed by atoms with van der Waals surface area (Å²) in [5, 5.41) is 0.572. The normalized spacial score (nSPS) is 18.8. The fraction of sp³-hybridized carbons (Fsp3) is 0.400. The number of hydrogen-bond donors (Lipinski definition) is 1. The molecule has 1 spiro atoms. The largest absolute Gasteiger partial charge is 0.390 e. The van der Waals surface area contributed by atoms with Gasteiger partial charge < -0.3 is 15.2 Å². The zero-order chi connectivity index (χ0) is 19.6. The van der Waals surface area contributed by atoms with Gasteiger partial charge in [-0.15, -0.1) is 0 Å². The second kappa shape index (κ2) is 7.54. The van der Waals surface area contributed by atoms with Crippen LogP contribution in [0.4, 0.5) is 0 Å². The third-order valence-electron chi connectivity index (χ3n) is 5.02. The molecule has 0 aliphatic carbocycles. The molecule has 1 saturated heterocycles. The average Bonchev–Trinajstić information content (AvgIpc) is 3.09. The van der Waals surface area contributed by atoms with Crippen LogP contribution >= 0.6 is 0 Å². The van der Waals surface area contributed by atoms with Gasteiger partial charge in [0.2, 0.25) is 5.84 Å². The number of rotatable bonds is 0. The van der Waals surface area contributed by atoms with E-state index in [1.807, 2.05) is 6.07 Å². The highest BCUT2D eigenvalue weighted by molar-refractivity contribution is 6.02. The van der Waals surface area contributed by atoms with E-state index in [1.165, 1.54) is 0 Å². The Balaban J connectivity index is 1.71. The fourth-order valence-corrected chi connectivity index (χ4v) is 3.61. The lowest BCUT2D eigenvalue weighted by Crippen LogP contribution is -2.31. The number of benzene rings is 1. The minimum absolute atomic E-state index is 0.0434. The smallest absolute Gasteiger partial charge is 0.261 e. The van der Waals surface area contributed by atoms with Crippen LogP contribution in [0.1, 0.15) is 24.2 Å². The van der Waals surface area contributed by atoms with E-state index in [-0.39, 0.29) is 5.56 Å². The number of nitrogens with two attached hydrogens (primary N) is 1. The topological polar surface area (TPSA) is 104 Å². The molecule has 8 nitrogen and oxygen atoms in total. The highest BCUT2D eigenvalue weighted by Gasteiger charge is 2.38. The van der Waals surface area contributed by atoms with E-state index >= 15 is 0 Å². The fourth-order valence-electron chi connectivity index (χ4n) is 3.61. The van der Waals surface area contributed by atoms with Crippen molar-refractivity contribution in [1.82, 2.24) is 9.55 Å². The van der Waals surface area contributed by atoms with Crippen LogP contribution in [0, 0.1) is 11.8 Å². The number of amidine groups is 1. The molecule has 2 aromatic rings. The molecule has 28 heavy (non-hydrogen) atoms. The van der Waals surface area contributed by atoms with Gasteiger partial charge in [-0.25, -0.2) is 9.98 Å². The van der Waals surface area contributed by atoms with Gasteiger partial charge in [0.15, 0.2) is 5.79 Å². The molecule has 0 bridgehead atoms. The van der Waals surface area contributed by atoms with E-state index in [1.54, 1.807) is 23.7 Å². The van der Waals surface area contributed by atoms with Crippen molar-refractivity contribution in [2.24, 2.45) is 15.7 Å². The molecule has 1 fully saturated rings. The average molecular weight is 379 g/mol. The molecule has 1 aromatic heterocycles. The van der Waals surface area contributed by atoms with Crippen molar-refractivity contribution in [3.8, 4) is 11.8 Å².